The van der Waals surface area contributed by atoms with E-state index in [0.29, 0.717) is 37.7 Å². The Morgan fingerprint density at radius 1 is 1.09 bits per heavy atom. The number of aliphatic hydroxyl groups is 1. The number of fused-ring (bicyclic) bond motifs is 5. The van der Waals surface area contributed by atoms with E-state index < -0.39 is 46.9 Å². The van der Waals surface area contributed by atoms with Gasteiger partial charge in [-0.3, -0.25) is 14.4 Å². The van der Waals surface area contributed by atoms with Crippen molar-refractivity contribution in [3.63, 3.8) is 0 Å². The highest BCUT2D eigenvalue weighted by Gasteiger charge is 2.80. The maximum Gasteiger partial charge on any atom is 0.334 e. The third-order valence-corrected chi connectivity index (χ3v) is 13.1. The predicted octanol–water partition coefficient (Wildman–Crippen LogP) is 5.79. The van der Waals surface area contributed by atoms with E-state index in [1.54, 1.807) is 0 Å². The summed E-state index contributed by atoms with van der Waals surface area (Å²) in [5.41, 5.74) is 2.95. The molecule has 0 aromatic heterocycles. The molecule has 0 aromatic carbocycles. The SMILES string of the molecule is C=C1C(=O)O[C@@H]2C[C@@H](C)[C@]34C[C@]5(C(=O)O[C@H]6CC(C)=C([C@H](C)CCCO)[C@H](OC(=O)CC(C)CC)[C@H]65)[C@@H](C(C)=C3C[C@@H]12)C4OC(C)=O. The van der Waals surface area contributed by atoms with Gasteiger partial charge < -0.3 is 24.1 Å². The average Bonchev–Trinajstić information content (AvgIpc) is 3.58. The number of carbonyl (C=O) groups is 4. The van der Waals surface area contributed by atoms with Crippen LogP contribution in [0, 0.1) is 46.3 Å². The molecule has 4 fully saturated rings. The summed E-state index contributed by atoms with van der Waals surface area (Å²) in [5.74, 6) is -2.37. The highest BCUT2D eigenvalue weighted by molar-refractivity contribution is 5.91. The zero-order valence-electron chi connectivity index (χ0n) is 29.1. The van der Waals surface area contributed by atoms with Crippen LogP contribution in [0.4, 0.5) is 0 Å². The van der Waals surface area contributed by atoms with Gasteiger partial charge in [0.15, 0.2) is 0 Å². The van der Waals surface area contributed by atoms with Crippen LogP contribution in [0.15, 0.2) is 34.4 Å². The summed E-state index contributed by atoms with van der Waals surface area (Å²) in [6.07, 6.45) is 2.44. The minimum Gasteiger partial charge on any atom is -0.461 e. The Morgan fingerprint density at radius 2 is 1.81 bits per heavy atom. The molecule has 1 N–H and O–H groups in total. The number of aliphatic hydroxyl groups excluding tert-OH is 1. The molecule has 47 heavy (non-hydrogen) atoms. The molecule has 258 valence electrons. The molecule has 2 unspecified atom stereocenters. The molecule has 2 saturated carbocycles. The van der Waals surface area contributed by atoms with E-state index >= 15 is 0 Å². The predicted molar refractivity (Wildman–Crippen MR) is 172 cm³/mol. The molecule has 4 aliphatic carbocycles. The van der Waals surface area contributed by atoms with Gasteiger partial charge in [0.05, 0.1) is 11.3 Å². The van der Waals surface area contributed by atoms with Crippen LogP contribution in [0.25, 0.3) is 0 Å². The number of carbonyl (C=O) groups excluding carboxylic acids is 4. The summed E-state index contributed by atoms with van der Waals surface area (Å²) in [6, 6.07) is 0. The normalized spacial score (nSPS) is 40.0. The van der Waals surface area contributed by atoms with Crippen LogP contribution in [0.5, 0.6) is 0 Å². The average molecular weight is 653 g/mol. The highest BCUT2D eigenvalue weighted by atomic mass is 16.6. The first kappa shape index (κ1) is 33.9. The largest absolute Gasteiger partial charge is 0.461 e. The van der Waals surface area contributed by atoms with Gasteiger partial charge in [-0.15, -0.1) is 0 Å². The van der Waals surface area contributed by atoms with E-state index in [1.165, 1.54) is 6.92 Å². The molecule has 9 heteroatoms. The first-order valence-corrected chi connectivity index (χ1v) is 17.7. The molecule has 2 heterocycles. The Morgan fingerprint density at radius 3 is 2.47 bits per heavy atom. The third-order valence-electron chi connectivity index (χ3n) is 13.1. The number of hydrogen-bond acceptors (Lipinski definition) is 9. The molecule has 2 aliphatic heterocycles. The third kappa shape index (κ3) is 4.95. The second-order valence-corrected chi connectivity index (χ2v) is 15.6. The van der Waals surface area contributed by atoms with Gasteiger partial charge >= 0.3 is 23.9 Å². The lowest BCUT2D eigenvalue weighted by molar-refractivity contribution is -0.158. The summed E-state index contributed by atoms with van der Waals surface area (Å²) in [4.78, 5) is 53.7. The maximum atomic E-state index is 14.6. The Labute approximate surface area is 278 Å². The Kier molecular flexibility index (Phi) is 8.80. The minimum absolute atomic E-state index is 0.0161. The van der Waals surface area contributed by atoms with Gasteiger partial charge in [-0.05, 0) is 69.3 Å². The number of hydrogen-bond donors (Lipinski definition) is 1. The van der Waals surface area contributed by atoms with E-state index in [0.717, 1.165) is 35.1 Å². The summed E-state index contributed by atoms with van der Waals surface area (Å²) in [6.45, 7) is 18.0. The molecule has 0 radical (unpaired) electrons. The minimum atomic E-state index is -1.08. The summed E-state index contributed by atoms with van der Waals surface area (Å²) in [7, 11) is 0. The van der Waals surface area contributed by atoms with Crippen LogP contribution in [0.1, 0.15) is 99.8 Å². The molecule has 2 saturated heterocycles. The topological polar surface area (TPSA) is 125 Å². The van der Waals surface area contributed by atoms with Gasteiger partial charge in [0.1, 0.15) is 24.4 Å². The van der Waals surface area contributed by atoms with Crippen molar-refractivity contribution >= 4 is 23.9 Å². The summed E-state index contributed by atoms with van der Waals surface area (Å²) in [5, 5.41) is 9.67. The fraction of sp³-hybridized carbons (Fsp3) is 0.737. The van der Waals surface area contributed by atoms with E-state index in [9.17, 15) is 24.3 Å². The van der Waals surface area contributed by atoms with E-state index in [1.807, 2.05) is 27.7 Å². The van der Waals surface area contributed by atoms with Gasteiger partial charge in [-0.25, -0.2) is 4.79 Å². The standard InChI is InChI=1S/C38H52O9/c1-9-18(2)13-29(41)47-33-30(19(3)11-10-12-39)20(4)14-28-32(33)38(36(43)46-28)17-37-21(5)15-27-25(22(6)35(42)45-27)16-26(37)23(7)31(38)34(37)44-24(8)40/h18-19,21,25,27-28,31-34,39H,6,9-17H2,1-5,7-8H3/t18?,19-,21-,25+,27-,28+,31+,32+,33+,34?,37-,38+/m1/s1. The molecular weight excluding hydrogens is 600 g/mol. The molecule has 2 spiro atoms. The summed E-state index contributed by atoms with van der Waals surface area (Å²) >= 11 is 0. The lowest BCUT2D eigenvalue weighted by Crippen LogP contribution is -2.51. The molecule has 6 aliphatic rings. The Hall–Kier alpha value is -2.94. The fourth-order valence-electron chi connectivity index (χ4n) is 10.9. The van der Waals surface area contributed by atoms with Crippen molar-refractivity contribution in [2.24, 2.45) is 46.3 Å². The van der Waals surface area contributed by atoms with Crippen LogP contribution < -0.4 is 0 Å². The van der Waals surface area contributed by atoms with E-state index in [2.05, 4.69) is 20.4 Å². The van der Waals surface area contributed by atoms with Gasteiger partial charge in [0, 0.05) is 49.2 Å². The van der Waals surface area contributed by atoms with Gasteiger partial charge in [-0.1, -0.05) is 57.4 Å². The molecule has 12 atom stereocenters. The first-order valence-electron chi connectivity index (χ1n) is 17.7. The van der Waals surface area contributed by atoms with Crippen LogP contribution >= 0.6 is 0 Å². The first-order chi connectivity index (χ1) is 22.2. The van der Waals surface area contributed by atoms with Crippen LogP contribution in [-0.2, 0) is 38.1 Å². The van der Waals surface area contributed by atoms with Crippen molar-refractivity contribution in [2.75, 3.05) is 6.61 Å². The second-order valence-electron chi connectivity index (χ2n) is 15.6. The van der Waals surface area contributed by atoms with Crippen LogP contribution in [-0.4, -0.2) is 60.0 Å². The monoisotopic (exact) mass is 652 g/mol. The lowest BCUT2D eigenvalue weighted by atomic mass is 9.55. The van der Waals surface area contributed by atoms with Crippen molar-refractivity contribution < 1.29 is 43.2 Å². The quantitative estimate of drug-likeness (QED) is 0.143. The molecular formula is C38H52O9. The van der Waals surface area contributed by atoms with Crippen molar-refractivity contribution in [2.45, 2.75) is 124 Å². The van der Waals surface area contributed by atoms with Gasteiger partial charge in [0.2, 0.25) is 0 Å². The lowest BCUT2D eigenvalue weighted by Gasteiger charge is -2.46. The second kappa shape index (κ2) is 12.2. The number of esters is 4. The van der Waals surface area contributed by atoms with Gasteiger partial charge in [-0.2, -0.15) is 0 Å². The molecule has 0 amide bonds. The zero-order chi connectivity index (χ0) is 34.2. The van der Waals surface area contributed by atoms with Crippen molar-refractivity contribution in [1.82, 2.24) is 0 Å². The maximum absolute atomic E-state index is 14.6. The van der Waals surface area contributed by atoms with E-state index in [-0.39, 0.29) is 60.7 Å². The highest BCUT2D eigenvalue weighted by Crippen LogP contribution is 2.76. The summed E-state index contributed by atoms with van der Waals surface area (Å²) < 4.78 is 25.0. The molecule has 6 rings (SSSR count). The Bertz CT molecular complexity index is 1440. The number of rotatable bonds is 9. The fourth-order valence-corrected chi connectivity index (χ4v) is 10.9. The smallest absolute Gasteiger partial charge is 0.334 e. The zero-order valence-corrected chi connectivity index (χ0v) is 29.1. The van der Waals surface area contributed by atoms with Crippen molar-refractivity contribution in [3.8, 4) is 0 Å². The Balaban J connectivity index is 1.50. The molecule has 0 aromatic rings. The van der Waals surface area contributed by atoms with E-state index in [4.69, 9.17) is 18.9 Å². The van der Waals surface area contributed by atoms with Gasteiger partial charge in [0.25, 0.3) is 0 Å². The van der Waals surface area contributed by atoms with Crippen LogP contribution in [0.3, 0.4) is 0 Å². The van der Waals surface area contributed by atoms with Crippen LogP contribution in [0.2, 0.25) is 0 Å². The number of ether oxygens (including phenoxy) is 4. The van der Waals surface area contributed by atoms with Crippen molar-refractivity contribution in [3.05, 3.63) is 34.4 Å². The molecule has 9 nitrogen and oxygen atoms in total. The molecule has 2 bridgehead atoms. The van der Waals surface area contributed by atoms with Crippen molar-refractivity contribution in [1.29, 1.82) is 0 Å².